The van der Waals surface area contributed by atoms with E-state index in [4.69, 9.17) is 0 Å². The highest BCUT2D eigenvalue weighted by Crippen LogP contribution is 2.30. The molecule has 0 aromatic heterocycles. The summed E-state index contributed by atoms with van der Waals surface area (Å²) in [4.78, 5) is 15.3. The number of rotatable bonds is 4. The predicted molar refractivity (Wildman–Crippen MR) is 122 cm³/mol. The van der Waals surface area contributed by atoms with Crippen LogP contribution in [0.4, 0.5) is 11.4 Å². The topological polar surface area (TPSA) is 56.1 Å². The molecule has 4 heteroatoms. The van der Waals surface area contributed by atoms with Crippen LogP contribution >= 0.6 is 0 Å². The number of carbonyl (C=O) groups excluding carboxylic acids is 1. The van der Waals surface area contributed by atoms with Crippen molar-refractivity contribution < 1.29 is 4.79 Å². The molecule has 1 saturated heterocycles. The first-order valence-electron chi connectivity index (χ1n) is 10.4. The van der Waals surface area contributed by atoms with E-state index < -0.39 is 0 Å². The van der Waals surface area contributed by atoms with E-state index in [1.54, 1.807) is 0 Å². The SMILES string of the molecule is Cc1cc(C#N)c(NC(=O)c2cccc(N3CCCCC3)c2)cc1-c1ccccc1. The molecule has 0 atom stereocenters. The maximum Gasteiger partial charge on any atom is 0.255 e. The molecule has 1 amide bonds. The second kappa shape index (κ2) is 8.84. The van der Waals surface area contributed by atoms with Crippen LogP contribution in [0.25, 0.3) is 11.1 Å². The molecule has 1 fully saturated rings. The summed E-state index contributed by atoms with van der Waals surface area (Å²) in [6, 6.07) is 23.7. The van der Waals surface area contributed by atoms with Crippen molar-refractivity contribution in [3.63, 3.8) is 0 Å². The molecule has 1 heterocycles. The van der Waals surface area contributed by atoms with E-state index in [0.717, 1.165) is 35.5 Å². The molecule has 0 saturated carbocycles. The Kier molecular flexibility index (Phi) is 5.81. The van der Waals surface area contributed by atoms with Crippen molar-refractivity contribution >= 4 is 17.3 Å². The van der Waals surface area contributed by atoms with Crippen molar-refractivity contribution in [3.05, 3.63) is 83.4 Å². The van der Waals surface area contributed by atoms with Crippen LogP contribution in [0.5, 0.6) is 0 Å². The minimum atomic E-state index is -0.201. The molecule has 150 valence electrons. The smallest absolute Gasteiger partial charge is 0.255 e. The number of piperidine rings is 1. The monoisotopic (exact) mass is 395 g/mol. The van der Waals surface area contributed by atoms with Gasteiger partial charge >= 0.3 is 0 Å². The van der Waals surface area contributed by atoms with Crippen LogP contribution in [-0.4, -0.2) is 19.0 Å². The molecule has 4 rings (SSSR count). The summed E-state index contributed by atoms with van der Waals surface area (Å²) < 4.78 is 0. The third kappa shape index (κ3) is 4.21. The number of hydrogen-bond acceptors (Lipinski definition) is 3. The molecule has 1 aliphatic rings. The second-order valence-corrected chi connectivity index (χ2v) is 7.74. The number of amides is 1. The first-order chi connectivity index (χ1) is 14.7. The normalized spacial score (nSPS) is 13.5. The zero-order valence-electron chi connectivity index (χ0n) is 17.2. The summed E-state index contributed by atoms with van der Waals surface area (Å²) in [6.07, 6.45) is 3.64. The largest absolute Gasteiger partial charge is 0.372 e. The Bertz CT molecular complexity index is 1090. The molecule has 0 radical (unpaired) electrons. The van der Waals surface area contributed by atoms with Crippen molar-refractivity contribution in [3.8, 4) is 17.2 Å². The van der Waals surface area contributed by atoms with Gasteiger partial charge in [0, 0.05) is 24.3 Å². The summed E-state index contributed by atoms with van der Waals surface area (Å²) in [6.45, 7) is 4.04. The van der Waals surface area contributed by atoms with Crippen molar-refractivity contribution in [1.29, 1.82) is 5.26 Å². The van der Waals surface area contributed by atoms with Crippen LogP contribution in [0.15, 0.2) is 66.7 Å². The van der Waals surface area contributed by atoms with Crippen molar-refractivity contribution in [2.75, 3.05) is 23.3 Å². The number of hydrogen-bond donors (Lipinski definition) is 1. The quantitative estimate of drug-likeness (QED) is 0.609. The van der Waals surface area contributed by atoms with E-state index in [9.17, 15) is 10.1 Å². The Morgan fingerprint density at radius 3 is 2.47 bits per heavy atom. The van der Waals surface area contributed by atoms with E-state index in [0.29, 0.717) is 16.8 Å². The van der Waals surface area contributed by atoms with Gasteiger partial charge < -0.3 is 10.2 Å². The van der Waals surface area contributed by atoms with Gasteiger partial charge in [-0.15, -0.1) is 0 Å². The molecule has 3 aromatic carbocycles. The van der Waals surface area contributed by atoms with Crippen LogP contribution in [0, 0.1) is 18.3 Å². The Morgan fingerprint density at radius 2 is 1.73 bits per heavy atom. The number of benzene rings is 3. The van der Waals surface area contributed by atoms with Gasteiger partial charge in [-0.05, 0) is 73.2 Å². The lowest BCUT2D eigenvalue weighted by molar-refractivity contribution is 0.102. The van der Waals surface area contributed by atoms with Gasteiger partial charge in [0.05, 0.1) is 11.3 Å². The number of aryl methyl sites for hydroxylation is 1. The maximum atomic E-state index is 13.0. The third-order valence-electron chi connectivity index (χ3n) is 5.65. The number of nitrogens with zero attached hydrogens (tertiary/aromatic N) is 2. The summed E-state index contributed by atoms with van der Waals surface area (Å²) in [5, 5.41) is 12.6. The van der Waals surface area contributed by atoms with Gasteiger partial charge in [-0.25, -0.2) is 0 Å². The minimum absolute atomic E-state index is 0.201. The number of nitriles is 1. The van der Waals surface area contributed by atoms with E-state index >= 15 is 0 Å². The van der Waals surface area contributed by atoms with Crippen LogP contribution < -0.4 is 10.2 Å². The molecule has 1 N–H and O–H groups in total. The zero-order chi connectivity index (χ0) is 20.9. The fraction of sp³-hybridized carbons (Fsp3) is 0.231. The van der Waals surface area contributed by atoms with Crippen LogP contribution in [0.3, 0.4) is 0 Å². The maximum absolute atomic E-state index is 13.0. The lowest BCUT2D eigenvalue weighted by Gasteiger charge is -2.29. The Hall–Kier alpha value is -3.58. The second-order valence-electron chi connectivity index (χ2n) is 7.74. The average Bonchev–Trinajstić information content (AvgIpc) is 2.81. The van der Waals surface area contributed by atoms with Crippen LogP contribution in [-0.2, 0) is 0 Å². The van der Waals surface area contributed by atoms with Gasteiger partial charge in [-0.3, -0.25) is 4.79 Å². The Labute approximate surface area is 177 Å². The molecule has 3 aromatic rings. The molecule has 0 unspecified atom stereocenters. The van der Waals surface area contributed by atoms with Crippen molar-refractivity contribution in [1.82, 2.24) is 0 Å². The highest BCUT2D eigenvalue weighted by molar-refractivity contribution is 6.05. The fourth-order valence-electron chi connectivity index (χ4n) is 4.02. The van der Waals surface area contributed by atoms with Gasteiger partial charge in [-0.2, -0.15) is 5.26 Å². The van der Waals surface area contributed by atoms with E-state index in [1.165, 1.54) is 19.3 Å². The molecule has 0 bridgehead atoms. The van der Waals surface area contributed by atoms with Gasteiger partial charge in [0.25, 0.3) is 5.91 Å². The Balaban J connectivity index is 1.62. The summed E-state index contributed by atoms with van der Waals surface area (Å²) >= 11 is 0. The molecular formula is C26H25N3O. The molecular weight excluding hydrogens is 370 g/mol. The van der Waals surface area contributed by atoms with Crippen molar-refractivity contribution in [2.45, 2.75) is 26.2 Å². The molecule has 4 nitrogen and oxygen atoms in total. The highest BCUT2D eigenvalue weighted by Gasteiger charge is 2.15. The van der Waals surface area contributed by atoms with Crippen molar-refractivity contribution in [2.24, 2.45) is 0 Å². The first kappa shape index (κ1) is 19.7. The highest BCUT2D eigenvalue weighted by atomic mass is 16.1. The molecule has 30 heavy (non-hydrogen) atoms. The van der Waals surface area contributed by atoms with E-state index in [-0.39, 0.29) is 5.91 Å². The average molecular weight is 396 g/mol. The predicted octanol–water partition coefficient (Wildman–Crippen LogP) is 5.78. The van der Waals surface area contributed by atoms with Gasteiger partial charge in [0.1, 0.15) is 6.07 Å². The lowest BCUT2D eigenvalue weighted by atomic mass is 9.97. The van der Waals surface area contributed by atoms with Gasteiger partial charge in [-0.1, -0.05) is 36.4 Å². The third-order valence-corrected chi connectivity index (χ3v) is 5.65. The molecule has 0 aliphatic carbocycles. The van der Waals surface area contributed by atoms with Gasteiger partial charge in [0.2, 0.25) is 0 Å². The Morgan fingerprint density at radius 1 is 0.967 bits per heavy atom. The van der Waals surface area contributed by atoms with Crippen LogP contribution in [0.1, 0.15) is 40.7 Å². The molecule has 1 aliphatic heterocycles. The fourth-order valence-corrected chi connectivity index (χ4v) is 4.02. The van der Waals surface area contributed by atoms with Gasteiger partial charge in [0.15, 0.2) is 0 Å². The summed E-state index contributed by atoms with van der Waals surface area (Å²) in [5.41, 5.74) is 5.75. The number of anilines is 2. The first-order valence-corrected chi connectivity index (χ1v) is 10.4. The zero-order valence-corrected chi connectivity index (χ0v) is 17.2. The number of carbonyl (C=O) groups is 1. The lowest BCUT2D eigenvalue weighted by Crippen LogP contribution is -2.29. The van der Waals surface area contributed by atoms with Crippen LogP contribution in [0.2, 0.25) is 0 Å². The van der Waals surface area contributed by atoms with E-state index in [2.05, 4.69) is 22.4 Å². The summed E-state index contributed by atoms with van der Waals surface area (Å²) in [7, 11) is 0. The number of nitrogens with one attached hydrogen (secondary N) is 1. The standard InChI is InChI=1S/C26H25N3O/c1-19-15-22(18-27)25(17-24(19)20-9-4-2-5-10-20)28-26(30)21-11-8-12-23(16-21)29-13-6-3-7-14-29/h2,4-5,8-12,15-17H,3,6-7,13-14H2,1H3,(H,28,30). The molecule has 0 spiro atoms. The van der Waals surface area contributed by atoms with E-state index in [1.807, 2.05) is 67.6 Å². The summed E-state index contributed by atoms with van der Waals surface area (Å²) in [5.74, 6) is -0.201. The minimum Gasteiger partial charge on any atom is -0.372 e.